The summed E-state index contributed by atoms with van der Waals surface area (Å²) in [6.07, 6.45) is 3.27. The Balaban J connectivity index is 1.70. The molecule has 0 saturated heterocycles. The quantitative estimate of drug-likeness (QED) is 0.739. The van der Waals surface area contributed by atoms with E-state index in [1.807, 2.05) is 51.2 Å². The minimum absolute atomic E-state index is 0.141. The van der Waals surface area contributed by atoms with Gasteiger partial charge in [-0.05, 0) is 19.4 Å². The van der Waals surface area contributed by atoms with Gasteiger partial charge in [-0.15, -0.1) is 0 Å². The number of allylic oxidation sites excluding steroid dienone is 1. The summed E-state index contributed by atoms with van der Waals surface area (Å²) < 4.78 is 3.53. The fraction of sp³-hybridized carbons (Fsp3) is 0.263. The predicted octanol–water partition coefficient (Wildman–Crippen LogP) is 1.93. The summed E-state index contributed by atoms with van der Waals surface area (Å²) in [5.41, 5.74) is 4.32. The van der Waals surface area contributed by atoms with Crippen molar-refractivity contribution in [1.29, 1.82) is 0 Å². The maximum absolute atomic E-state index is 13.1. The molecule has 8 heteroatoms. The van der Waals surface area contributed by atoms with Gasteiger partial charge in [0.25, 0.3) is 5.91 Å². The zero-order valence-corrected chi connectivity index (χ0v) is 15.5. The summed E-state index contributed by atoms with van der Waals surface area (Å²) in [6.45, 7) is 4.32. The molecule has 0 aliphatic carbocycles. The first-order chi connectivity index (χ1) is 13.1. The number of carbonyl (C=O) groups is 1. The average molecular weight is 363 g/mol. The van der Waals surface area contributed by atoms with E-state index in [0.717, 1.165) is 22.5 Å². The molecule has 1 aromatic carbocycles. The smallest absolute Gasteiger partial charge is 0.251 e. The van der Waals surface area contributed by atoms with E-state index in [1.165, 1.54) is 6.33 Å². The van der Waals surface area contributed by atoms with E-state index in [4.69, 9.17) is 0 Å². The normalized spacial score (nSPS) is 16.0. The monoisotopic (exact) mass is 363 g/mol. The molecule has 27 heavy (non-hydrogen) atoms. The number of hydrogen-bond acceptors (Lipinski definition) is 5. The first-order valence-electron chi connectivity index (χ1n) is 8.74. The number of rotatable bonds is 4. The Morgan fingerprint density at radius 2 is 2.00 bits per heavy atom. The van der Waals surface area contributed by atoms with Gasteiger partial charge in [-0.25, -0.2) is 4.68 Å². The molecule has 1 aliphatic rings. The molecule has 0 fully saturated rings. The highest BCUT2D eigenvalue weighted by atomic mass is 16.1. The fourth-order valence-corrected chi connectivity index (χ4v) is 3.33. The Kier molecular flexibility index (Phi) is 4.23. The van der Waals surface area contributed by atoms with E-state index >= 15 is 0 Å². The number of aryl methyl sites for hydroxylation is 1. The van der Waals surface area contributed by atoms with Crippen LogP contribution in [0.25, 0.3) is 0 Å². The summed E-state index contributed by atoms with van der Waals surface area (Å²) in [4.78, 5) is 17.4. The molecule has 1 aliphatic heterocycles. The van der Waals surface area contributed by atoms with E-state index < -0.39 is 0 Å². The van der Waals surface area contributed by atoms with Crippen molar-refractivity contribution in [1.82, 2.24) is 29.9 Å². The number of fused-ring (bicyclic) bond motifs is 1. The summed E-state index contributed by atoms with van der Waals surface area (Å²) >= 11 is 0. The van der Waals surface area contributed by atoms with Crippen LogP contribution in [0.15, 0.2) is 54.1 Å². The van der Waals surface area contributed by atoms with Gasteiger partial charge in [0.2, 0.25) is 5.95 Å². The molecule has 8 nitrogen and oxygen atoms in total. The van der Waals surface area contributed by atoms with Gasteiger partial charge in [0, 0.05) is 30.5 Å². The van der Waals surface area contributed by atoms with Crippen LogP contribution in [-0.2, 0) is 18.4 Å². The molecule has 1 amide bonds. The molecule has 3 aromatic rings. The lowest BCUT2D eigenvalue weighted by atomic mass is 9.95. The van der Waals surface area contributed by atoms with Crippen LogP contribution in [-0.4, -0.2) is 30.5 Å². The van der Waals surface area contributed by atoms with Crippen molar-refractivity contribution < 1.29 is 4.79 Å². The molecule has 2 aromatic heterocycles. The molecule has 0 spiro atoms. The van der Waals surface area contributed by atoms with Gasteiger partial charge in [0.1, 0.15) is 12.4 Å². The SMILES string of the molecule is CC1=C(C(=O)NCc2ccccc2)C(c2cnn(C)c2C)n2ncnc2N1. The number of amides is 1. The highest BCUT2D eigenvalue weighted by molar-refractivity contribution is 5.96. The van der Waals surface area contributed by atoms with Gasteiger partial charge in [0.15, 0.2) is 0 Å². The molecule has 1 unspecified atom stereocenters. The zero-order chi connectivity index (χ0) is 19.0. The Morgan fingerprint density at radius 3 is 2.70 bits per heavy atom. The van der Waals surface area contributed by atoms with Gasteiger partial charge < -0.3 is 10.6 Å². The molecule has 3 heterocycles. The third kappa shape index (κ3) is 2.99. The first-order valence-corrected chi connectivity index (χ1v) is 8.74. The van der Waals surface area contributed by atoms with Crippen molar-refractivity contribution in [3.8, 4) is 0 Å². The number of benzene rings is 1. The number of aromatic nitrogens is 5. The molecular formula is C19H21N7O. The van der Waals surface area contributed by atoms with Crippen molar-refractivity contribution >= 4 is 11.9 Å². The van der Waals surface area contributed by atoms with Gasteiger partial charge in [0.05, 0.1) is 11.8 Å². The predicted molar refractivity (Wildman–Crippen MR) is 101 cm³/mol. The van der Waals surface area contributed by atoms with Crippen LogP contribution in [0, 0.1) is 6.92 Å². The molecule has 0 saturated carbocycles. The Morgan fingerprint density at radius 1 is 1.22 bits per heavy atom. The standard InChI is InChI=1S/C19H21N7O/c1-12-16(18(27)20-9-14-7-5-4-6-8-14)17(15-10-22-25(3)13(15)2)26-19(24-12)21-11-23-26/h4-8,10-11,17H,9H2,1-3H3,(H,20,27)(H,21,23,24). The second kappa shape index (κ2) is 6.71. The summed E-state index contributed by atoms with van der Waals surface area (Å²) in [5.74, 6) is 0.471. The van der Waals surface area contributed by atoms with Gasteiger partial charge >= 0.3 is 0 Å². The minimum atomic E-state index is -0.381. The van der Waals surface area contributed by atoms with Crippen molar-refractivity contribution in [2.75, 3.05) is 5.32 Å². The number of nitrogens with zero attached hydrogens (tertiary/aromatic N) is 5. The number of anilines is 1. The third-order valence-corrected chi connectivity index (χ3v) is 4.90. The summed E-state index contributed by atoms with van der Waals surface area (Å²) in [6, 6.07) is 9.46. The van der Waals surface area contributed by atoms with Crippen LogP contribution in [0.4, 0.5) is 5.95 Å². The summed E-state index contributed by atoms with van der Waals surface area (Å²) in [5, 5.41) is 14.9. The van der Waals surface area contributed by atoms with Crippen molar-refractivity contribution in [2.24, 2.45) is 7.05 Å². The topological polar surface area (TPSA) is 89.7 Å². The molecule has 138 valence electrons. The van der Waals surface area contributed by atoms with E-state index in [0.29, 0.717) is 18.1 Å². The van der Waals surface area contributed by atoms with Crippen LogP contribution in [0.5, 0.6) is 0 Å². The molecule has 0 bridgehead atoms. The fourth-order valence-electron chi connectivity index (χ4n) is 3.33. The van der Waals surface area contributed by atoms with Crippen LogP contribution in [0.3, 0.4) is 0 Å². The lowest BCUT2D eigenvalue weighted by Crippen LogP contribution is -2.35. The number of carbonyl (C=O) groups excluding carboxylic acids is 1. The van der Waals surface area contributed by atoms with Gasteiger partial charge in [-0.2, -0.15) is 15.2 Å². The Hall–Kier alpha value is -3.42. The van der Waals surface area contributed by atoms with Crippen molar-refractivity contribution in [3.63, 3.8) is 0 Å². The summed E-state index contributed by atoms with van der Waals surface area (Å²) in [7, 11) is 1.88. The molecule has 2 N–H and O–H groups in total. The lowest BCUT2D eigenvalue weighted by Gasteiger charge is -2.28. The van der Waals surface area contributed by atoms with E-state index in [9.17, 15) is 4.79 Å². The molecular weight excluding hydrogens is 342 g/mol. The molecule has 4 rings (SSSR count). The van der Waals surface area contributed by atoms with Crippen LogP contribution >= 0.6 is 0 Å². The van der Waals surface area contributed by atoms with Crippen molar-refractivity contribution in [2.45, 2.75) is 26.4 Å². The van der Waals surface area contributed by atoms with Crippen molar-refractivity contribution in [3.05, 3.63) is 70.9 Å². The maximum atomic E-state index is 13.1. The van der Waals surface area contributed by atoms with Crippen LogP contribution < -0.4 is 10.6 Å². The minimum Gasteiger partial charge on any atom is -0.348 e. The van der Waals surface area contributed by atoms with Crippen LogP contribution in [0.1, 0.15) is 29.8 Å². The van der Waals surface area contributed by atoms with Gasteiger partial charge in [-0.1, -0.05) is 30.3 Å². The largest absolute Gasteiger partial charge is 0.348 e. The zero-order valence-electron chi connectivity index (χ0n) is 15.5. The number of nitrogens with one attached hydrogen (secondary N) is 2. The average Bonchev–Trinajstić information content (AvgIpc) is 3.26. The highest BCUT2D eigenvalue weighted by Gasteiger charge is 2.35. The molecule has 0 radical (unpaired) electrons. The Labute approximate surface area is 156 Å². The second-order valence-electron chi connectivity index (χ2n) is 6.57. The molecule has 1 atom stereocenters. The number of hydrogen-bond donors (Lipinski definition) is 2. The lowest BCUT2D eigenvalue weighted by molar-refractivity contribution is -0.118. The maximum Gasteiger partial charge on any atom is 0.251 e. The third-order valence-electron chi connectivity index (χ3n) is 4.90. The van der Waals surface area contributed by atoms with Crippen LogP contribution in [0.2, 0.25) is 0 Å². The highest BCUT2D eigenvalue weighted by Crippen LogP contribution is 2.35. The second-order valence-corrected chi connectivity index (χ2v) is 6.57. The van der Waals surface area contributed by atoms with E-state index in [1.54, 1.807) is 15.6 Å². The van der Waals surface area contributed by atoms with Gasteiger partial charge in [-0.3, -0.25) is 9.48 Å². The Bertz CT molecular complexity index is 1020. The van der Waals surface area contributed by atoms with E-state index in [-0.39, 0.29) is 11.9 Å². The van der Waals surface area contributed by atoms with E-state index in [2.05, 4.69) is 25.8 Å². The first kappa shape index (κ1) is 17.0.